The zero-order valence-electron chi connectivity index (χ0n) is 13.4. The molecule has 0 aliphatic heterocycles. The Morgan fingerprint density at radius 3 is 2.43 bits per heavy atom. The van der Waals surface area contributed by atoms with E-state index in [1.54, 1.807) is 0 Å². The summed E-state index contributed by atoms with van der Waals surface area (Å²) >= 11 is 0. The minimum atomic E-state index is -0.254. The van der Waals surface area contributed by atoms with Crippen molar-refractivity contribution in [3.8, 4) is 0 Å². The average molecular weight is 308 g/mol. The van der Waals surface area contributed by atoms with Gasteiger partial charge in [-0.25, -0.2) is 5.84 Å². The molecule has 3 N–H and O–H groups in total. The van der Waals surface area contributed by atoms with Crippen molar-refractivity contribution in [1.82, 2.24) is 5.43 Å². The van der Waals surface area contributed by atoms with E-state index >= 15 is 0 Å². The number of carbonyl (C=O) groups is 1. The molecule has 0 saturated heterocycles. The summed E-state index contributed by atoms with van der Waals surface area (Å²) in [6, 6.07) is 16.6. The Morgan fingerprint density at radius 1 is 1.00 bits per heavy atom. The number of nitrogens with one attached hydrogen (secondary N) is 1. The topological polar surface area (TPSA) is 55.1 Å². The summed E-state index contributed by atoms with van der Waals surface area (Å²) in [6.07, 6.45) is 7.65. The van der Waals surface area contributed by atoms with E-state index in [9.17, 15) is 4.79 Å². The van der Waals surface area contributed by atoms with Gasteiger partial charge in [0.1, 0.15) is 0 Å². The highest BCUT2D eigenvalue weighted by atomic mass is 16.2. The molecule has 0 bridgehead atoms. The second-order valence-electron chi connectivity index (χ2n) is 6.43. The molecule has 1 aliphatic rings. The Bertz CT molecular complexity index is 658. The molecule has 1 fully saturated rings. The summed E-state index contributed by atoms with van der Waals surface area (Å²) in [5.41, 5.74) is 6.78. The van der Waals surface area contributed by atoms with E-state index in [0.29, 0.717) is 5.56 Å². The lowest BCUT2D eigenvalue weighted by atomic mass is 9.83. The first-order chi connectivity index (χ1) is 11.3. The molecule has 0 atom stereocenters. The van der Waals surface area contributed by atoms with Crippen molar-refractivity contribution in [2.75, 3.05) is 0 Å². The molecule has 0 heterocycles. The van der Waals surface area contributed by atoms with Gasteiger partial charge in [-0.05, 0) is 54.0 Å². The molecule has 1 aliphatic carbocycles. The number of hydrogen-bond donors (Lipinski definition) is 2. The largest absolute Gasteiger partial charge is 0.290 e. The quantitative estimate of drug-likeness (QED) is 0.511. The van der Waals surface area contributed by atoms with Crippen molar-refractivity contribution in [2.45, 2.75) is 44.4 Å². The molecule has 1 saturated carbocycles. The minimum Gasteiger partial charge on any atom is -0.290 e. The Morgan fingerprint density at radius 2 is 1.74 bits per heavy atom. The maximum atomic E-state index is 11.5. The van der Waals surface area contributed by atoms with Gasteiger partial charge in [0.25, 0.3) is 5.91 Å². The summed E-state index contributed by atoms with van der Waals surface area (Å²) in [5.74, 6) is 5.64. The lowest BCUT2D eigenvalue weighted by Gasteiger charge is -2.22. The summed E-state index contributed by atoms with van der Waals surface area (Å²) in [4.78, 5) is 11.5. The van der Waals surface area contributed by atoms with Crippen LogP contribution in [0.5, 0.6) is 0 Å². The minimum absolute atomic E-state index is 0.254. The number of hydrogen-bond acceptors (Lipinski definition) is 2. The number of nitrogen functional groups attached to an aromatic ring is 1. The first-order valence-electron chi connectivity index (χ1n) is 8.45. The lowest BCUT2D eigenvalue weighted by molar-refractivity contribution is 0.0953. The van der Waals surface area contributed by atoms with Crippen LogP contribution in [0.2, 0.25) is 0 Å². The van der Waals surface area contributed by atoms with Crippen LogP contribution in [-0.2, 0) is 6.42 Å². The standard InChI is InChI=1S/C20H24N2O/c21-22-20(23)18-11-9-15(10-12-18)13-16-5-4-8-19(14-16)17-6-2-1-3-7-17/h4-5,8-12,14,17H,1-3,6-7,13,21H2,(H,22,23). The van der Waals surface area contributed by atoms with Gasteiger partial charge in [0, 0.05) is 5.56 Å². The van der Waals surface area contributed by atoms with Gasteiger partial charge in [0.05, 0.1) is 0 Å². The molecule has 2 aromatic rings. The van der Waals surface area contributed by atoms with Gasteiger partial charge in [-0.1, -0.05) is 55.7 Å². The molecular formula is C20H24N2O. The third-order valence-electron chi connectivity index (χ3n) is 4.78. The number of carbonyl (C=O) groups excluding carboxylic acids is 1. The molecule has 23 heavy (non-hydrogen) atoms. The average Bonchev–Trinajstić information content (AvgIpc) is 2.63. The van der Waals surface area contributed by atoms with Gasteiger partial charge in [0.2, 0.25) is 0 Å². The van der Waals surface area contributed by atoms with E-state index in [0.717, 1.165) is 12.3 Å². The molecule has 1 amide bonds. The van der Waals surface area contributed by atoms with Crippen molar-refractivity contribution >= 4 is 5.91 Å². The Labute approximate surface area is 137 Å². The Balaban J connectivity index is 1.71. The van der Waals surface area contributed by atoms with Crippen LogP contribution >= 0.6 is 0 Å². The molecule has 0 spiro atoms. The molecule has 3 rings (SSSR count). The number of hydrazine groups is 1. The van der Waals surface area contributed by atoms with Crippen LogP contribution in [0, 0.1) is 0 Å². The van der Waals surface area contributed by atoms with E-state index in [1.165, 1.54) is 48.8 Å². The van der Waals surface area contributed by atoms with Gasteiger partial charge in [-0.15, -0.1) is 0 Å². The van der Waals surface area contributed by atoms with E-state index in [1.807, 2.05) is 24.3 Å². The summed E-state index contributed by atoms with van der Waals surface area (Å²) < 4.78 is 0. The SMILES string of the molecule is NNC(=O)c1ccc(Cc2cccc(C3CCCCC3)c2)cc1. The molecule has 0 unspecified atom stereocenters. The predicted molar refractivity (Wildman–Crippen MR) is 93.2 cm³/mol. The molecule has 0 aromatic heterocycles. The van der Waals surface area contributed by atoms with Gasteiger partial charge < -0.3 is 0 Å². The van der Waals surface area contributed by atoms with E-state index in [-0.39, 0.29) is 5.91 Å². The van der Waals surface area contributed by atoms with Crippen LogP contribution in [0.15, 0.2) is 48.5 Å². The Hall–Kier alpha value is -2.13. The van der Waals surface area contributed by atoms with Crippen molar-refractivity contribution in [3.63, 3.8) is 0 Å². The number of rotatable bonds is 4. The molecular weight excluding hydrogens is 284 g/mol. The second kappa shape index (κ2) is 7.42. The fourth-order valence-electron chi connectivity index (χ4n) is 3.49. The van der Waals surface area contributed by atoms with Crippen molar-refractivity contribution in [1.29, 1.82) is 0 Å². The molecule has 3 heteroatoms. The van der Waals surface area contributed by atoms with Crippen molar-refractivity contribution in [3.05, 3.63) is 70.8 Å². The zero-order chi connectivity index (χ0) is 16.1. The molecule has 120 valence electrons. The third kappa shape index (κ3) is 3.99. The zero-order valence-corrected chi connectivity index (χ0v) is 13.4. The first-order valence-corrected chi connectivity index (χ1v) is 8.45. The number of benzene rings is 2. The molecule has 3 nitrogen and oxygen atoms in total. The fraction of sp³-hybridized carbons (Fsp3) is 0.350. The van der Waals surface area contributed by atoms with Gasteiger partial charge >= 0.3 is 0 Å². The highest BCUT2D eigenvalue weighted by Crippen LogP contribution is 2.33. The van der Waals surface area contributed by atoms with Gasteiger partial charge in [-0.3, -0.25) is 10.2 Å². The monoisotopic (exact) mass is 308 g/mol. The van der Waals surface area contributed by atoms with Gasteiger partial charge in [-0.2, -0.15) is 0 Å². The van der Waals surface area contributed by atoms with Crippen molar-refractivity contribution < 1.29 is 4.79 Å². The second-order valence-corrected chi connectivity index (χ2v) is 6.43. The third-order valence-corrected chi connectivity index (χ3v) is 4.78. The molecule has 0 radical (unpaired) electrons. The first kappa shape index (κ1) is 15.8. The number of nitrogens with two attached hydrogens (primary N) is 1. The Kier molecular flexibility index (Phi) is 5.09. The summed E-state index contributed by atoms with van der Waals surface area (Å²) in [7, 11) is 0. The van der Waals surface area contributed by atoms with Gasteiger partial charge in [0.15, 0.2) is 0 Å². The van der Waals surface area contributed by atoms with Crippen molar-refractivity contribution in [2.24, 2.45) is 5.84 Å². The predicted octanol–water partition coefficient (Wildman–Crippen LogP) is 3.93. The summed E-state index contributed by atoms with van der Waals surface area (Å²) in [6.45, 7) is 0. The highest BCUT2D eigenvalue weighted by Gasteiger charge is 2.15. The van der Waals surface area contributed by atoms with Crippen LogP contribution in [-0.4, -0.2) is 5.91 Å². The highest BCUT2D eigenvalue weighted by molar-refractivity contribution is 5.93. The molecule has 2 aromatic carbocycles. The van der Waals surface area contributed by atoms with Crippen LogP contribution in [0.25, 0.3) is 0 Å². The van der Waals surface area contributed by atoms with Crippen LogP contribution < -0.4 is 11.3 Å². The van der Waals surface area contributed by atoms with Crippen LogP contribution in [0.1, 0.15) is 65.1 Å². The lowest BCUT2D eigenvalue weighted by Crippen LogP contribution is -2.29. The maximum Gasteiger partial charge on any atom is 0.265 e. The maximum absolute atomic E-state index is 11.5. The van der Waals surface area contributed by atoms with Crippen LogP contribution in [0.3, 0.4) is 0 Å². The van der Waals surface area contributed by atoms with E-state index < -0.39 is 0 Å². The van der Waals surface area contributed by atoms with Crippen LogP contribution in [0.4, 0.5) is 0 Å². The van der Waals surface area contributed by atoms with E-state index in [4.69, 9.17) is 5.84 Å². The normalized spacial score (nSPS) is 15.3. The van der Waals surface area contributed by atoms with E-state index in [2.05, 4.69) is 29.7 Å². The number of amides is 1. The fourth-order valence-corrected chi connectivity index (χ4v) is 3.49. The smallest absolute Gasteiger partial charge is 0.265 e. The summed E-state index contributed by atoms with van der Waals surface area (Å²) in [5, 5.41) is 0.